The van der Waals surface area contributed by atoms with E-state index in [2.05, 4.69) is 25.6 Å². The van der Waals surface area contributed by atoms with Crippen LogP contribution in [0.15, 0.2) is 55.0 Å². The number of alkyl halides is 3. The Kier molecular flexibility index (Phi) is 5.22. The van der Waals surface area contributed by atoms with Crippen molar-refractivity contribution in [2.24, 2.45) is 0 Å². The zero-order valence-electron chi connectivity index (χ0n) is 13.3. The summed E-state index contributed by atoms with van der Waals surface area (Å²) in [5, 5.41) is 5.51. The quantitative estimate of drug-likeness (QED) is 0.660. The predicted octanol–water partition coefficient (Wildman–Crippen LogP) is 4.90. The molecular weight excluding hydrogens is 367 g/mol. The van der Waals surface area contributed by atoms with Gasteiger partial charge in [-0.3, -0.25) is 4.98 Å². The zero-order valence-corrected chi connectivity index (χ0v) is 14.0. The summed E-state index contributed by atoms with van der Waals surface area (Å²) in [6, 6.07) is 8.83. The second kappa shape index (κ2) is 7.57. The average molecular weight is 380 g/mol. The first-order chi connectivity index (χ1) is 12.4. The molecule has 0 aliphatic carbocycles. The van der Waals surface area contributed by atoms with Crippen LogP contribution >= 0.6 is 11.6 Å². The first kappa shape index (κ1) is 17.9. The molecule has 26 heavy (non-hydrogen) atoms. The predicted molar refractivity (Wildman–Crippen MR) is 93.3 cm³/mol. The Balaban J connectivity index is 1.73. The van der Waals surface area contributed by atoms with Crippen LogP contribution in [0.1, 0.15) is 11.1 Å². The Bertz CT molecular complexity index is 887. The SMILES string of the molecule is FC(F)(F)c1cc(Nc2ccnc(NCc3ccncc3)n2)ccc1Cl. The molecule has 0 spiro atoms. The van der Waals surface area contributed by atoms with Gasteiger partial charge < -0.3 is 10.6 Å². The van der Waals surface area contributed by atoms with Gasteiger partial charge >= 0.3 is 6.18 Å². The first-order valence-electron chi connectivity index (χ1n) is 7.51. The molecule has 0 aliphatic heterocycles. The molecule has 5 nitrogen and oxygen atoms in total. The fourth-order valence-electron chi connectivity index (χ4n) is 2.16. The van der Waals surface area contributed by atoms with E-state index >= 15 is 0 Å². The molecule has 0 radical (unpaired) electrons. The Labute approximate surface area is 152 Å². The van der Waals surface area contributed by atoms with Crippen LogP contribution < -0.4 is 10.6 Å². The molecule has 0 unspecified atom stereocenters. The number of hydrogen-bond donors (Lipinski definition) is 2. The summed E-state index contributed by atoms with van der Waals surface area (Å²) >= 11 is 5.62. The van der Waals surface area contributed by atoms with Gasteiger partial charge in [0.05, 0.1) is 10.6 Å². The maximum absolute atomic E-state index is 12.9. The van der Waals surface area contributed by atoms with E-state index in [1.165, 1.54) is 18.3 Å². The van der Waals surface area contributed by atoms with Gasteiger partial charge in [0, 0.05) is 30.8 Å². The molecule has 3 aromatic rings. The molecule has 0 saturated carbocycles. The second-order valence-electron chi connectivity index (χ2n) is 5.29. The zero-order chi connectivity index (χ0) is 18.6. The highest BCUT2D eigenvalue weighted by Crippen LogP contribution is 2.36. The van der Waals surface area contributed by atoms with E-state index in [1.807, 2.05) is 12.1 Å². The number of aromatic nitrogens is 3. The van der Waals surface area contributed by atoms with Crippen LogP contribution in [0.3, 0.4) is 0 Å². The van der Waals surface area contributed by atoms with Crippen LogP contribution in [0.25, 0.3) is 0 Å². The van der Waals surface area contributed by atoms with Gasteiger partial charge in [0.25, 0.3) is 0 Å². The van der Waals surface area contributed by atoms with Crippen molar-refractivity contribution in [2.45, 2.75) is 12.7 Å². The molecule has 1 aromatic carbocycles. The van der Waals surface area contributed by atoms with Gasteiger partial charge in [-0.05, 0) is 42.0 Å². The van der Waals surface area contributed by atoms with Crippen LogP contribution in [-0.2, 0) is 12.7 Å². The lowest BCUT2D eigenvalue weighted by molar-refractivity contribution is -0.137. The minimum absolute atomic E-state index is 0.223. The van der Waals surface area contributed by atoms with Crippen LogP contribution in [0.2, 0.25) is 5.02 Å². The highest BCUT2D eigenvalue weighted by atomic mass is 35.5. The fraction of sp³-hybridized carbons (Fsp3) is 0.118. The molecule has 3 rings (SSSR count). The summed E-state index contributed by atoms with van der Waals surface area (Å²) in [5.41, 5.74) is 0.309. The topological polar surface area (TPSA) is 62.7 Å². The molecule has 2 heterocycles. The third-order valence-electron chi connectivity index (χ3n) is 3.40. The third-order valence-corrected chi connectivity index (χ3v) is 3.73. The minimum atomic E-state index is -4.53. The maximum Gasteiger partial charge on any atom is 0.417 e. The molecule has 0 amide bonds. The first-order valence-corrected chi connectivity index (χ1v) is 7.89. The Hall–Kier alpha value is -2.87. The Morgan fingerprint density at radius 1 is 1.00 bits per heavy atom. The number of pyridine rings is 1. The van der Waals surface area contributed by atoms with Crippen LogP contribution in [0.5, 0.6) is 0 Å². The number of hydrogen-bond acceptors (Lipinski definition) is 5. The standard InChI is InChI=1S/C17H13ClF3N5/c18-14-2-1-12(9-13(14)17(19,20)21)25-15-5-8-23-16(26-15)24-10-11-3-6-22-7-4-11/h1-9H,10H2,(H2,23,24,25,26). The van der Waals surface area contributed by atoms with Crippen LogP contribution in [0, 0.1) is 0 Å². The Morgan fingerprint density at radius 2 is 1.77 bits per heavy atom. The molecule has 2 aromatic heterocycles. The van der Waals surface area contributed by atoms with Crippen LogP contribution in [0.4, 0.5) is 30.6 Å². The monoisotopic (exact) mass is 379 g/mol. The normalized spacial score (nSPS) is 11.2. The van der Waals surface area contributed by atoms with Crippen molar-refractivity contribution in [1.29, 1.82) is 0 Å². The summed E-state index contributed by atoms with van der Waals surface area (Å²) < 4.78 is 38.8. The van der Waals surface area contributed by atoms with E-state index in [1.54, 1.807) is 18.5 Å². The maximum atomic E-state index is 12.9. The van der Waals surface area contributed by atoms with E-state index in [9.17, 15) is 13.2 Å². The molecule has 0 aliphatic rings. The molecule has 0 atom stereocenters. The summed E-state index contributed by atoms with van der Waals surface area (Å²) in [7, 11) is 0. The van der Waals surface area contributed by atoms with Crippen LogP contribution in [-0.4, -0.2) is 15.0 Å². The lowest BCUT2D eigenvalue weighted by Crippen LogP contribution is -2.07. The van der Waals surface area contributed by atoms with Crippen molar-refractivity contribution in [3.8, 4) is 0 Å². The molecule has 2 N–H and O–H groups in total. The van der Waals surface area contributed by atoms with Crippen molar-refractivity contribution in [3.63, 3.8) is 0 Å². The van der Waals surface area contributed by atoms with Crippen molar-refractivity contribution in [1.82, 2.24) is 15.0 Å². The van der Waals surface area contributed by atoms with Gasteiger partial charge in [-0.1, -0.05) is 11.6 Å². The highest BCUT2D eigenvalue weighted by molar-refractivity contribution is 6.31. The largest absolute Gasteiger partial charge is 0.417 e. The van der Waals surface area contributed by atoms with Gasteiger partial charge in [-0.15, -0.1) is 0 Å². The minimum Gasteiger partial charge on any atom is -0.350 e. The molecule has 9 heteroatoms. The van der Waals surface area contributed by atoms with E-state index in [0.717, 1.165) is 11.6 Å². The summed E-state index contributed by atoms with van der Waals surface area (Å²) in [4.78, 5) is 12.3. The van der Waals surface area contributed by atoms with Gasteiger partial charge in [0.2, 0.25) is 5.95 Å². The molecule has 0 bridgehead atoms. The number of nitrogens with zero attached hydrogens (tertiary/aromatic N) is 3. The fourth-order valence-corrected chi connectivity index (χ4v) is 2.39. The van der Waals surface area contributed by atoms with E-state index < -0.39 is 11.7 Å². The Morgan fingerprint density at radius 3 is 2.50 bits per heavy atom. The number of rotatable bonds is 5. The summed E-state index contributed by atoms with van der Waals surface area (Å²) in [6.45, 7) is 0.491. The van der Waals surface area contributed by atoms with E-state index in [0.29, 0.717) is 18.3 Å². The van der Waals surface area contributed by atoms with Gasteiger partial charge in [-0.2, -0.15) is 18.2 Å². The highest BCUT2D eigenvalue weighted by Gasteiger charge is 2.33. The van der Waals surface area contributed by atoms with Gasteiger partial charge in [-0.25, -0.2) is 4.98 Å². The molecule has 0 saturated heterocycles. The van der Waals surface area contributed by atoms with Gasteiger partial charge in [0.15, 0.2) is 0 Å². The lowest BCUT2D eigenvalue weighted by Gasteiger charge is -2.12. The van der Waals surface area contributed by atoms with Crippen molar-refractivity contribution >= 4 is 29.1 Å². The smallest absolute Gasteiger partial charge is 0.350 e. The lowest BCUT2D eigenvalue weighted by atomic mass is 10.2. The third kappa shape index (κ3) is 4.60. The van der Waals surface area contributed by atoms with Gasteiger partial charge in [0.1, 0.15) is 5.82 Å². The number of benzene rings is 1. The van der Waals surface area contributed by atoms with Crippen molar-refractivity contribution in [3.05, 3.63) is 71.1 Å². The number of halogens is 4. The van der Waals surface area contributed by atoms with E-state index in [4.69, 9.17) is 11.6 Å². The van der Waals surface area contributed by atoms with Crippen molar-refractivity contribution < 1.29 is 13.2 Å². The summed E-state index contributed by atoms with van der Waals surface area (Å²) in [6.07, 6.45) is 0.325. The number of nitrogens with one attached hydrogen (secondary N) is 2. The molecule has 0 fully saturated rings. The van der Waals surface area contributed by atoms with E-state index in [-0.39, 0.29) is 10.7 Å². The molecule has 134 valence electrons. The second-order valence-corrected chi connectivity index (χ2v) is 5.70. The average Bonchev–Trinajstić information content (AvgIpc) is 2.62. The molecular formula is C17H13ClF3N5. The number of anilines is 3. The summed E-state index contributed by atoms with van der Waals surface area (Å²) in [5.74, 6) is 0.699. The van der Waals surface area contributed by atoms with Crippen molar-refractivity contribution in [2.75, 3.05) is 10.6 Å².